The minimum Gasteiger partial charge on any atom is -0.494 e. The first-order valence-electron chi connectivity index (χ1n) is 13.0. The molecular formula is C32H29FN4O2. The van der Waals surface area contributed by atoms with Crippen molar-refractivity contribution in [2.45, 2.75) is 38.8 Å². The largest absolute Gasteiger partial charge is 0.494 e. The quantitative estimate of drug-likeness (QED) is 0.174. The number of nitrogens with zero attached hydrogens (tertiary/aromatic N) is 4. The molecule has 2 aromatic carbocycles. The zero-order valence-corrected chi connectivity index (χ0v) is 21.5. The molecule has 0 radical (unpaired) electrons. The normalized spacial score (nSPS) is 10.8. The Labute approximate surface area is 227 Å². The van der Waals surface area contributed by atoms with Crippen LogP contribution in [0.5, 0.6) is 11.8 Å². The number of aromatic nitrogens is 4. The van der Waals surface area contributed by atoms with Crippen molar-refractivity contribution in [2.24, 2.45) is 0 Å². The van der Waals surface area contributed by atoms with E-state index in [0.717, 1.165) is 35.4 Å². The maximum Gasteiger partial charge on any atom is 0.193 e. The maximum atomic E-state index is 13.7. The zero-order chi connectivity index (χ0) is 27.0. The molecule has 0 unspecified atom stereocenters. The monoisotopic (exact) mass is 520 g/mol. The molecule has 0 bridgehead atoms. The first kappa shape index (κ1) is 25.8. The van der Waals surface area contributed by atoms with Crippen LogP contribution in [0, 0.1) is 17.7 Å². The topological polar surface area (TPSA) is 76.1 Å². The average Bonchev–Trinajstić information content (AvgIpc) is 3.49. The number of aryl methyl sites for hydroxylation is 1. The van der Waals surface area contributed by atoms with Gasteiger partial charge in [-0.3, -0.25) is 9.55 Å². The van der Waals surface area contributed by atoms with Gasteiger partial charge in [-0.05, 0) is 67.1 Å². The summed E-state index contributed by atoms with van der Waals surface area (Å²) >= 11 is 0. The van der Waals surface area contributed by atoms with E-state index in [9.17, 15) is 14.6 Å². The molecular weight excluding hydrogens is 491 g/mol. The molecule has 5 rings (SSSR count). The standard InChI is InChI=1S/C32H29FN4O2/c33-27-14-12-25(13-15-27)31-32(26-18-20-34-21-19-26)36(23-7-10-24-8-3-1-4-9-24)28(35-31)11-5-2-6-22-37-29(38)16-17-30(37)39/h1,3-4,8-9,12-21,38-39H,2,6-7,10,22-23H2. The molecule has 0 atom stereocenters. The van der Waals surface area contributed by atoms with Gasteiger partial charge in [0, 0.05) is 55.2 Å². The van der Waals surface area contributed by atoms with Crippen LogP contribution in [0.3, 0.4) is 0 Å². The van der Waals surface area contributed by atoms with E-state index in [1.54, 1.807) is 24.5 Å². The van der Waals surface area contributed by atoms with Crippen LogP contribution in [0.1, 0.15) is 30.7 Å². The number of halogens is 1. The van der Waals surface area contributed by atoms with Gasteiger partial charge in [0.05, 0.1) is 11.4 Å². The molecule has 0 amide bonds. The summed E-state index contributed by atoms with van der Waals surface area (Å²) in [6.45, 7) is 1.16. The Morgan fingerprint density at radius 2 is 1.44 bits per heavy atom. The number of hydrogen-bond acceptors (Lipinski definition) is 4. The predicted molar refractivity (Wildman–Crippen MR) is 149 cm³/mol. The van der Waals surface area contributed by atoms with Gasteiger partial charge in [-0.15, -0.1) is 0 Å². The molecule has 196 valence electrons. The molecule has 0 aliphatic rings. The summed E-state index contributed by atoms with van der Waals surface area (Å²) in [6, 6.07) is 23.6. The first-order valence-corrected chi connectivity index (χ1v) is 13.0. The van der Waals surface area contributed by atoms with Crippen molar-refractivity contribution >= 4 is 0 Å². The summed E-state index contributed by atoms with van der Waals surface area (Å²) in [6.07, 6.45) is 6.52. The first-order chi connectivity index (χ1) is 19.1. The second-order valence-electron chi connectivity index (χ2n) is 9.22. The minimum absolute atomic E-state index is 0.0281. The summed E-state index contributed by atoms with van der Waals surface area (Å²) in [5.41, 5.74) is 4.71. The molecule has 3 aromatic heterocycles. The van der Waals surface area contributed by atoms with Gasteiger partial charge in [0.25, 0.3) is 0 Å². The van der Waals surface area contributed by atoms with Gasteiger partial charge in [0.1, 0.15) is 5.82 Å². The van der Waals surface area contributed by atoms with Crippen molar-refractivity contribution in [2.75, 3.05) is 0 Å². The van der Waals surface area contributed by atoms with Gasteiger partial charge < -0.3 is 14.8 Å². The Balaban J connectivity index is 1.47. The Morgan fingerprint density at radius 3 is 2.15 bits per heavy atom. The van der Waals surface area contributed by atoms with E-state index in [-0.39, 0.29) is 17.6 Å². The molecule has 0 aliphatic heterocycles. The summed E-state index contributed by atoms with van der Waals surface area (Å²) in [4.78, 5) is 9.13. The summed E-state index contributed by atoms with van der Waals surface area (Å²) in [7, 11) is 0. The summed E-state index contributed by atoms with van der Waals surface area (Å²) in [5, 5.41) is 19.7. The molecule has 5 aromatic rings. The van der Waals surface area contributed by atoms with E-state index in [2.05, 4.69) is 33.5 Å². The fourth-order valence-electron chi connectivity index (χ4n) is 4.61. The van der Waals surface area contributed by atoms with Crippen molar-refractivity contribution < 1.29 is 14.6 Å². The molecule has 0 spiro atoms. The fourth-order valence-corrected chi connectivity index (χ4v) is 4.61. The van der Waals surface area contributed by atoms with E-state index in [4.69, 9.17) is 4.98 Å². The smallest absolute Gasteiger partial charge is 0.193 e. The van der Waals surface area contributed by atoms with Crippen molar-refractivity contribution in [3.63, 3.8) is 0 Å². The lowest BCUT2D eigenvalue weighted by atomic mass is 10.1. The van der Waals surface area contributed by atoms with Gasteiger partial charge in [-0.2, -0.15) is 0 Å². The van der Waals surface area contributed by atoms with E-state index in [1.807, 2.05) is 30.3 Å². The van der Waals surface area contributed by atoms with E-state index in [1.165, 1.54) is 34.4 Å². The lowest BCUT2D eigenvalue weighted by Gasteiger charge is -2.12. The second-order valence-corrected chi connectivity index (χ2v) is 9.22. The van der Waals surface area contributed by atoms with Gasteiger partial charge in [0.2, 0.25) is 0 Å². The Hall–Kier alpha value is -4.83. The van der Waals surface area contributed by atoms with Gasteiger partial charge in [0.15, 0.2) is 17.6 Å². The molecule has 7 heteroatoms. The lowest BCUT2D eigenvalue weighted by molar-refractivity contribution is 0.365. The molecule has 0 fully saturated rings. The molecule has 0 saturated heterocycles. The zero-order valence-electron chi connectivity index (χ0n) is 21.5. The van der Waals surface area contributed by atoms with Crippen LogP contribution in [0.25, 0.3) is 22.5 Å². The number of aromatic hydroxyl groups is 2. The third-order valence-corrected chi connectivity index (χ3v) is 6.55. The number of rotatable bonds is 9. The Kier molecular flexibility index (Phi) is 8.03. The van der Waals surface area contributed by atoms with Crippen LogP contribution in [0.4, 0.5) is 4.39 Å². The van der Waals surface area contributed by atoms with Crippen molar-refractivity contribution in [1.82, 2.24) is 19.1 Å². The number of benzene rings is 2. The molecule has 39 heavy (non-hydrogen) atoms. The van der Waals surface area contributed by atoms with Crippen LogP contribution in [0.15, 0.2) is 91.3 Å². The Bertz CT molecular complexity index is 1560. The van der Waals surface area contributed by atoms with Crippen LogP contribution in [-0.2, 0) is 19.5 Å². The van der Waals surface area contributed by atoms with Crippen LogP contribution in [0.2, 0.25) is 0 Å². The maximum absolute atomic E-state index is 13.7. The fraction of sp³-hybridized carbons (Fsp3) is 0.188. The van der Waals surface area contributed by atoms with E-state index >= 15 is 0 Å². The number of imidazole rings is 1. The van der Waals surface area contributed by atoms with Crippen molar-refractivity contribution in [3.8, 4) is 46.1 Å². The molecule has 2 N–H and O–H groups in total. The van der Waals surface area contributed by atoms with Crippen LogP contribution in [-0.4, -0.2) is 29.3 Å². The lowest BCUT2D eigenvalue weighted by Crippen LogP contribution is -2.05. The molecule has 3 heterocycles. The third kappa shape index (κ3) is 6.19. The van der Waals surface area contributed by atoms with Gasteiger partial charge in [-0.1, -0.05) is 36.3 Å². The molecule has 0 saturated carbocycles. The highest BCUT2D eigenvalue weighted by atomic mass is 19.1. The third-order valence-electron chi connectivity index (χ3n) is 6.55. The Morgan fingerprint density at radius 1 is 0.744 bits per heavy atom. The minimum atomic E-state index is -0.300. The average molecular weight is 521 g/mol. The van der Waals surface area contributed by atoms with Crippen molar-refractivity contribution in [3.05, 3.63) is 108 Å². The predicted octanol–water partition coefficient (Wildman–Crippen LogP) is 6.43. The molecule has 6 nitrogen and oxygen atoms in total. The highest BCUT2D eigenvalue weighted by Crippen LogP contribution is 2.33. The van der Waals surface area contributed by atoms with E-state index in [0.29, 0.717) is 31.8 Å². The number of unbranched alkanes of at least 4 members (excludes halogenated alkanes) is 1. The van der Waals surface area contributed by atoms with Gasteiger partial charge in [-0.25, -0.2) is 9.37 Å². The summed E-state index contributed by atoms with van der Waals surface area (Å²) in [5.74, 6) is 6.88. The number of hydrogen-bond donors (Lipinski definition) is 2. The highest BCUT2D eigenvalue weighted by molar-refractivity contribution is 5.79. The van der Waals surface area contributed by atoms with Gasteiger partial charge >= 0.3 is 0 Å². The van der Waals surface area contributed by atoms with Crippen LogP contribution >= 0.6 is 0 Å². The molecule has 0 aliphatic carbocycles. The second kappa shape index (κ2) is 12.1. The SMILES string of the molecule is Oc1ccc(O)n1CCCC#Cc1nc(-c2ccc(F)cc2)c(-c2ccncc2)n1CCCc1ccccc1. The number of pyridine rings is 1. The van der Waals surface area contributed by atoms with Crippen LogP contribution < -0.4 is 0 Å². The summed E-state index contributed by atoms with van der Waals surface area (Å²) < 4.78 is 17.3. The highest BCUT2D eigenvalue weighted by Gasteiger charge is 2.19. The van der Waals surface area contributed by atoms with Crippen molar-refractivity contribution in [1.29, 1.82) is 0 Å². The van der Waals surface area contributed by atoms with E-state index < -0.39 is 0 Å².